The molecule has 2 rings (SSSR count). The molecule has 0 saturated heterocycles. The topological polar surface area (TPSA) is 84.5 Å². The number of nitrogens with two attached hydrogens (primary N) is 1. The summed E-state index contributed by atoms with van der Waals surface area (Å²) in [5, 5.41) is 2.78. The molecular formula is C16H19N3O2S. The molecular weight excluding hydrogens is 298 g/mol. The second-order valence-corrected chi connectivity index (χ2v) is 6.62. The highest BCUT2D eigenvalue weighted by Crippen LogP contribution is 2.12. The predicted molar refractivity (Wildman–Crippen MR) is 88.1 cm³/mol. The molecule has 0 heterocycles. The summed E-state index contributed by atoms with van der Waals surface area (Å²) < 4.78 is 27.6. The number of hydrogen-bond acceptors (Lipinski definition) is 3. The molecule has 2 aromatic carbocycles. The first kappa shape index (κ1) is 16.2. The van der Waals surface area contributed by atoms with Crippen LogP contribution in [0.2, 0.25) is 0 Å². The summed E-state index contributed by atoms with van der Waals surface area (Å²) in [6.07, 6.45) is 1.32. The smallest absolute Gasteiger partial charge is 0.283 e. The Morgan fingerprint density at radius 2 is 1.77 bits per heavy atom. The highest BCUT2D eigenvalue weighted by Gasteiger charge is 2.11. The van der Waals surface area contributed by atoms with Crippen LogP contribution in [0.1, 0.15) is 11.1 Å². The largest absolute Gasteiger partial charge is 0.360 e. The van der Waals surface area contributed by atoms with Crippen LogP contribution < -0.4 is 11.1 Å². The van der Waals surface area contributed by atoms with Crippen molar-refractivity contribution in [3.8, 4) is 0 Å². The van der Waals surface area contributed by atoms with Crippen molar-refractivity contribution >= 4 is 16.4 Å². The predicted octanol–water partition coefficient (Wildman–Crippen LogP) is 1.83. The van der Waals surface area contributed by atoms with Crippen molar-refractivity contribution in [2.75, 3.05) is 0 Å². The normalized spacial score (nSPS) is 13.2. The van der Waals surface area contributed by atoms with Gasteiger partial charge >= 0.3 is 0 Å². The first-order valence-corrected chi connectivity index (χ1v) is 8.32. The van der Waals surface area contributed by atoms with Crippen LogP contribution in [0, 0.1) is 6.92 Å². The van der Waals surface area contributed by atoms with Gasteiger partial charge in [-0.15, -0.1) is 4.40 Å². The van der Waals surface area contributed by atoms with E-state index in [0.717, 1.165) is 17.5 Å². The van der Waals surface area contributed by atoms with Gasteiger partial charge in [0.25, 0.3) is 10.0 Å². The van der Waals surface area contributed by atoms with Crippen LogP contribution in [0.15, 0.2) is 63.9 Å². The minimum Gasteiger partial charge on any atom is -0.360 e. The van der Waals surface area contributed by atoms with Gasteiger partial charge in [0, 0.05) is 6.42 Å². The van der Waals surface area contributed by atoms with Gasteiger partial charge in [0.15, 0.2) is 0 Å². The van der Waals surface area contributed by atoms with Crippen molar-refractivity contribution in [1.29, 1.82) is 0 Å². The lowest BCUT2D eigenvalue weighted by molar-refractivity contribution is 0.597. The molecule has 0 saturated carbocycles. The van der Waals surface area contributed by atoms with Gasteiger partial charge in [-0.05, 0) is 24.6 Å². The zero-order valence-electron chi connectivity index (χ0n) is 12.3. The molecule has 116 valence electrons. The lowest BCUT2D eigenvalue weighted by atomic mass is 10.1. The summed E-state index contributed by atoms with van der Waals surface area (Å²) in [7, 11) is -3.69. The molecule has 22 heavy (non-hydrogen) atoms. The molecule has 0 aliphatic heterocycles. The number of hydrogen-bond donors (Lipinski definition) is 2. The lowest BCUT2D eigenvalue weighted by Crippen LogP contribution is -2.38. The summed E-state index contributed by atoms with van der Waals surface area (Å²) in [6, 6.07) is 16.2. The summed E-state index contributed by atoms with van der Waals surface area (Å²) >= 11 is 0. The first-order valence-electron chi connectivity index (χ1n) is 6.88. The van der Waals surface area contributed by atoms with Gasteiger partial charge in [0.1, 0.15) is 6.34 Å². The van der Waals surface area contributed by atoms with E-state index in [0.29, 0.717) is 6.42 Å². The summed E-state index contributed by atoms with van der Waals surface area (Å²) in [6.45, 7) is 1.89. The molecule has 1 atom stereocenters. The van der Waals surface area contributed by atoms with E-state index in [-0.39, 0.29) is 4.90 Å². The zero-order valence-corrected chi connectivity index (χ0v) is 13.1. The summed E-state index contributed by atoms with van der Waals surface area (Å²) in [4.78, 5) is 0.160. The first-order chi connectivity index (χ1) is 10.5. The van der Waals surface area contributed by atoms with Gasteiger partial charge in [0.2, 0.25) is 0 Å². The Morgan fingerprint density at radius 1 is 1.14 bits per heavy atom. The average Bonchev–Trinajstić information content (AvgIpc) is 2.48. The maximum absolute atomic E-state index is 12.0. The second kappa shape index (κ2) is 7.20. The second-order valence-electron chi connectivity index (χ2n) is 4.99. The SMILES string of the molecule is Cc1ccc(S(=O)(=O)N=CNC(N)Cc2ccccc2)cc1. The van der Waals surface area contributed by atoms with E-state index in [1.807, 2.05) is 37.3 Å². The van der Waals surface area contributed by atoms with Crippen LogP contribution in [-0.4, -0.2) is 20.9 Å². The van der Waals surface area contributed by atoms with Crippen LogP contribution in [0.3, 0.4) is 0 Å². The molecule has 6 heteroatoms. The number of nitrogens with zero attached hydrogens (tertiary/aromatic N) is 1. The van der Waals surface area contributed by atoms with Gasteiger partial charge in [-0.3, -0.25) is 0 Å². The summed E-state index contributed by atoms with van der Waals surface area (Å²) in [5.74, 6) is 0. The fourth-order valence-corrected chi connectivity index (χ4v) is 2.69. The van der Waals surface area contributed by atoms with Crippen LogP contribution >= 0.6 is 0 Å². The van der Waals surface area contributed by atoms with Crippen molar-refractivity contribution in [2.45, 2.75) is 24.4 Å². The Kier molecular flexibility index (Phi) is 5.30. The van der Waals surface area contributed by atoms with E-state index < -0.39 is 16.2 Å². The molecule has 5 nitrogen and oxygen atoms in total. The van der Waals surface area contributed by atoms with Gasteiger partial charge in [-0.2, -0.15) is 8.42 Å². The van der Waals surface area contributed by atoms with E-state index in [1.165, 1.54) is 12.1 Å². The summed E-state index contributed by atoms with van der Waals surface area (Å²) in [5.41, 5.74) is 7.95. The highest BCUT2D eigenvalue weighted by atomic mass is 32.2. The van der Waals surface area contributed by atoms with Crippen molar-refractivity contribution < 1.29 is 8.42 Å². The standard InChI is InChI=1S/C16H19N3O2S/c1-13-7-9-15(10-8-13)22(20,21)19-12-18-16(17)11-14-5-3-2-4-6-14/h2-10,12,16H,11,17H2,1H3,(H,18,19). The third kappa shape index (κ3) is 4.68. The molecule has 1 unspecified atom stereocenters. The van der Waals surface area contributed by atoms with Gasteiger partial charge in [-0.25, -0.2) is 0 Å². The Morgan fingerprint density at radius 3 is 2.41 bits per heavy atom. The van der Waals surface area contributed by atoms with Gasteiger partial charge < -0.3 is 11.1 Å². The highest BCUT2D eigenvalue weighted by molar-refractivity contribution is 7.90. The third-order valence-corrected chi connectivity index (χ3v) is 4.35. The number of sulfonamides is 1. The van der Waals surface area contributed by atoms with E-state index in [1.54, 1.807) is 12.1 Å². The van der Waals surface area contributed by atoms with E-state index in [2.05, 4.69) is 9.71 Å². The molecule has 3 N–H and O–H groups in total. The number of nitrogens with one attached hydrogen (secondary N) is 1. The van der Waals surface area contributed by atoms with Gasteiger partial charge in [0.05, 0.1) is 11.1 Å². The molecule has 0 fully saturated rings. The molecule has 0 aromatic heterocycles. The molecule has 0 bridgehead atoms. The van der Waals surface area contributed by atoms with Crippen LogP contribution in [0.4, 0.5) is 0 Å². The van der Waals surface area contributed by atoms with Crippen molar-refractivity contribution in [2.24, 2.45) is 10.1 Å². The van der Waals surface area contributed by atoms with E-state index in [9.17, 15) is 8.42 Å². The van der Waals surface area contributed by atoms with Crippen LogP contribution in [-0.2, 0) is 16.4 Å². The monoisotopic (exact) mass is 317 g/mol. The zero-order chi connectivity index (χ0) is 16.0. The maximum atomic E-state index is 12.0. The molecule has 0 amide bonds. The number of rotatable bonds is 6. The number of aryl methyl sites for hydroxylation is 1. The fraction of sp³-hybridized carbons (Fsp3) is 0.188. The maximum Gasteiger partial charge on any atom is 0.283 e. The minimum atomic E-state index is -3.69. The number of benzene rings is 2. The molecule has 0 radical (unpaired) electrons. The Bertz CT molecular complexity index is 726. The van der Waals surface area contributed by atoms with E-state index >= 15 is 0 Å². The van der Waals surface area contributed by atoms with Crippen LogP contribution in [0.25, 0.3) is 0 Å². The van der Waals surface area contributed by atoms with Crippen molar-refractivity contribution in [3.05, 3.63) is 65.7 Å². The molecule has 0 aliphatic carbocycles. The third-order valence-electron chi connectivity index (χ3n) is 3.10. The van der Waals surface area contributed by atoms with E-state index in [4.69, 9.17) is 5.73 Å². The molecule has 2 aromatic rings. The molecule has 0 aliphatic rings. The Labute approximate surface area is 130 Å². The Hall–Kier alpha value is -2.18. The van der Waals surface area contributed by atoms with Crippen LogP contribution in [0.5, 0.6) is 0 Å². The van der Waals surface area contributed by atoms with Gasteiger partial charge in [-0.1, -0.05) is 48.0 Å². The minimum absolute atomic E-state index is 0.160. The molecule has 0 spiro atoms. The van der Waals surface area contributed by atoms with Crippen molar-refractivity contribution in [1.82, 2.24) is 5.32 Å². The average molecular weight is 317 g/mol. The Balaban J connectivity index is 1.95. The lowest BCUT2D eigenvalue weighted by Gasteiger charge is -2.11. The fourth-order valence-electron chi connectivity index (χ4n) is 1.89. The van der Waals surface area contributed by atoms with Crippen molar-refractivity contribution in [3.63, 3.8) is 0 Å². The quantitative estimate of drug-likeness (QED) is 0.483.